The molecule has 1 aliphatic heterocycles. The topological polar surface area (TPSA) is 55.8 Å². The molecule has 1 heterocycles. The molecule has 1 aliphatic rings. The summed E-state index contributed by atoms with van der Waals surface area (Å²) in [5.41, 5.74) is 2.69. The van der Waals surface area contributed by atoms with E-state index in [9.17, 15) is 8.42 Å². The van der Waals surface area contributed by atoms with Crippen LogP contribution in [-0.2, 0) is 21.1 Å². The maximum atomic E-state index is 12.9. The van der Waals surface area contributed by atoms with Gasteiger partial charge in [-0.1, -0.05) is 118 Å². The van der Waals surface area contributed by atoms with Gasteiger partial charge in [0.15, 0.2) is 0 Å². The van der Waals surface area contributed by atoms with Crippen molar-refractivity contribution in [2.75, 3.05) is 23.7 Å². The number of nitrogens with zero attached hydrogens (tertiary/aromatic N) is 1. The van der Waals surface area contributed by atoms with Crippen LogP contribution < -0.4 is 19.4 Å². The third kappa shape index (κ3) is 5.59. The smallest absolute Gasteiger partial charge is 0.261 e. The van der Waals surface area contributed by atoms with Gasteiger partial charge in [-0.25, -0.2) is 8.42 Å². The highest BCUT2D eigenvalue weighted by atomic mass is 32.2. The summed E-state index contributed by atoms with van der Waals surface area (Å²) >= 11 is 0. The first kappa shape index (κ1) is 28.1. The van der Waals surface area contributed by atoms with E-state index in [1.165, 1.54) is 20.9 Å². The number of ether oxygens (including phenoxy) is 1. The van der Waals surface area contributed by atoms with Gasteiger partial charge in [0.2, 0.25) is 10.0 Å². The Morgan fingerprint density at radius 1 is 0.825 bits per heavy atom. The van der Waals surface area contributed by atoms with Crippen LogP contribution in [0.5, 0.6) is 5.75 Å². The van der Waals surface area contributed by atoms with Crippen LogP contribution in [0.3, 0.4) is 0 Å². The van der Waals surface area contributed by atoms with Crippen molar-refractivity contribution >= 4 is 34.4 Å². The van der Waals surface area contributed by atoms with E-state index in [0.717, 1.165) is 11.1 Å². The van der Waals surface area contributed by atoms with E-state index in [0.29, 0.717) is 31.2 Å². The van der Waals surface area contributed by atoms with Gasteiger partial charge in [0, 0.05) is 25.1 Å². The molecule has 4 aromatic carbocycles. The summed E-state index contributed by atoms with van der Waals surface area (Å²) in [6, 6.07) is 36.8. The molecule has 208 valence electrons. The second-order valence-electron chi connectivity index (χ2n) is 11.5. The third-order valence-electron chi connectivity index (χ3n) is 7.66. The van der Waals surface area contributed by atoms with Gasteiger partial charge in [0.1, 0.15) is 12.4 Å². The zero-order chi connectivity index (χ0) is 28.4. The SMILES string of the molecule is CC(C)(C)[Si](OCC1CN(S(C)(=O)=O)c2cc(OCc3ccccc3)ccc21)(c1ccccc1)c1ccccc1. The van der Waals surface area contributed by atoms with Crippen LogP contribution in [0.15, 0.2) is 109 Å². The van der Waals surface area contributed by atoms with E-state index in [1.54, 1.807) is 0 Å². The van der Waals surface area contributed by atoms with Crippen LogP contribution in [-0.4, -0.2) is 36.1 Å². The molecule has 5 rings (SSSR count). The molecule has 7 heteroatoms. The van der Waals surface area contributed by atoms with Crippen LogP contribution in [0.1, 0.15) is 37.8 Å². The van der Waals surface area contributed by atoms with Gasteiger partial charge < -0.3 is 9.16 Å². The molecule has 4 aromatic rings. The first-order valence-electron chi connectivity index (χ1n) is 13.6. The summed E-state index contributed by atoms with van der Waals surface area (Å²) < 4.78 is 40.5. The largest absolute Gasteiger partial charge is 0.489 e. The first-order chi connectivity index (χ1) is 19.1. The van der Waals surface area contributed by atoms with Crippen molar-refractivity contribution in [3.05, 3.63) is 120 Å². The van der Waals surface area contributed by atoms with E-state index in [1.807, 2.05) is 60.7 Å². The summed E-state index contributed by atoms with van der Waals surface area (Å²) in [7, 11) is -6.25. The maximum absolute atomic E-state index is 12.9. The molecular weight excluding hydrogens is 535 g/mol. The number of hydrogen-bond acceptors (Lipinski definition) is 4. The Balaban J connectivity index is 1.48. The number of rotatable bonds is 9. The second kappa shape index (κ2) is 11.2. The first-order valence-corrected chi connectivity index (χ1v) is 17.4. The van der Waals surface area contributed by atoms with E-state index in [4.69, 9.17) is 9.16 Å². The van der Waals surface area contributed by atoms with E-state index in [-0.39, 0.29) is 11.0 Å². The number of sulfonamides is 1. The van der Waals surface area contributed by atoms with Crippen molar-refractivity contribution in [3.63, 3.8) is 0 Å². The van der Waals surface area contributed by atoms with Crippen molar-refractivity contribution in [3.8, 4) is 5.75 Å². The van der Waals surface area contributed by atoms with Crippen LogP contribution in [0.25, 0.3) is 0 Å². The Bertz CT molecular complexity index is 1500. The van der Waals surface area contributed by atoms with E-state index in [2.05, 4.69) is 69.3 Å². The Labute approximate surface area is 239 Å². The minimum atomic E-state index is -3.49. The number of hydrogen-bond donors (Lipinski definition) is 0. The average Bonchev–Trinajstić information content (AvgIpc) is 3.32. The fourth-order valence-corrected chi connectivity index (χ4v) is 11.3. The zero-order valence-electron chi connectivity index (χ0n) is 23.6. The second-order valence-corrected chi connectivity index (χ2v) is 17.7. The fourth-order valence-electron chi connectivity index (χ4n) is 5.76. The van der Waals surface area contributed by atoms with E-state index < -0.39 is 18.3 Å². The number of anilines is 1. The molecular formula is C33H37NO4SSi. The monoisotopic (exact) mass is 571 g/mol. The molecule has 1 unspecified atom stereocenters. The predicted molar refractivity (Wildman–Crippen MR) is 166 cm³/mol. The Hall–Kier alpha value is -3.39. The lowest BCUT2D eigenvalue weighted by Crippen LogP contribution is -2.66. The Morgan fingerprint density at radius 2 is 1.38 bits per heavy atom. The van der Waals surface area contributed by atoms with Crippen molar-refractivity contribution in [2.24, 2.45) is 0 Å². The average molecular weight is 572 g/mol. The highest BCUT2D eigenvalue weighted by molar-refractivity contribution is 7.92. The number of fused-ring (bicyclic) bond motifs is 1. The summed E-state index contributed by atoms with van der Waals surface area (Å²) in [5, 5.41) is 2.25. The van der Waals surface area contributed by atoms with E-state index >= 15 is 0 Å². The molecule has 0 saturated carbocycles. The molecule has 1 atom stereocenters. The highest BCUT2D eigenvalue weighted by Crippen LogP contribution is 2.42. The Kier molecular flexibility index (Phi) is 7.91. The van der Waals surface area contributed by atoms with Crippen LogP contribution in [0.4, 0.5) is 5.69 Å². The van der Waals surface area contributed by atoms with Crippen LogP contribution in [0.2, 0.25) is 5.04 Å². The fraction of sp³-hybridized carbons (Fsp3) is 0.273. The quantitative estimate of drug-likeness (QED) is 0.242. The Morgan fingerprint density at radius 3 is 1.90 bits per heavy atom. The molecule has 0 fully saturated rings. The summed E-state index contributed by atoms with van der Waals surface area (Å²) in [6.07, 6.45) is 1.26. The molecule has 0 radical (unpaired) electrons. The van der Waals surface area contributed by atoms with Crippen molar-refractivity contribution < 1.29 is 17.6 Å². The van der Waals surface area contributed by atoms with Gasteiger partial charge in [0.25, 0.3) is 8.32 Å². The van der Waals surface area contributed by atoms with Crippen molar-refractivity contribution in [1.82, 2.24) is 0 Å². The molecule has 0 aromatic heterocycles. The maximum Gasteiger partial charge on any atom is 0.261 e. The molecule has 0 saturated heterocycles. The summed E-state index contributed by atoms with van der Waals surface area (Å²) in [5.74, 6) is 0.541. The minimum absolute atomic E-state index is 0.102. The normalized spacial score (nSPS) is 15.6. The van der Waals surface area contributed by atoms with Crippen molar-refractivity contribution in [2.45, 2.75) is 38.3 Å². The summed E-state index contributed by atoms with van der Waals surface area (Å²) in [4.78, 5) is 0. The molecule has 0 aliphatic carbocycles. The van der Waals surface area contributed by atoms with Crippen LogP contribution >= 0.6 is 0 Å². The number of benzene rings is 4. The lowest BCUT2D eigenvalue weighted by molar-refractivity contribution is 0.277. The molecule has 5 nitrogen and oxygen atoms in total. The third-order valence-corrected chi connectivity index (χ3v) is 13.8. The highest BCUT2D eigenvalue weighted by Gasteiger charge is 2.51. The zero-order valence-corrected chi connectivity index (χ0v) is 25.4. The molecule has 40 heavy (non-hydrogen) atoms. The van der Waals surface area contributed by atoms with Crippen molar-refractivity contribution in [1.29, 1.82) is 0 Å². The van der Waals surface area contributed by atoms with Gasteiger partial charge in [-0.15, -0.1) is 0 Å². The lowest BCUT2D eigenvalue weighted by Gasteiger charge is -2.43. The van der Waals surface area contributed by atoms with Gasteiger partial charge in [-0.3, -0.25) is 4.31 Å². The van der Waals surface area contributed by atoms with Gasteiger partial charge in [-0.05, 0) is 32.6 Å². The molecule has 0 bridgehead atoms. The van der Waals surface area contributed by atoms with Gasteiger partial charge in [-0.2, -0.15) is 0 Å². The van der Waals surface area contributed by atoms with Gasteiger partial charge in [0.05, 0.1) is 11.9 Å². The van der Waals surface area contributed by atoms with Crippen LogP contribution in [0, 0.1) is 0 Å². The minimum Gasteiger partial charge on any atom is -0.489 e. The molecule has 0 N–H and O–H groups in total. The standard InChI is InChI=1S/C33H37NO4SSi/c1-33(2,3)40(29-16-10-6-11-17-29,30-18-12-7-13-19-30)38-25-27-23-34(39(4,35)36)32-22-28(20-21-31(27)32)37-24-26-14-8-5-9-15-26/h5-22,27H,23-25H2,1-4H3. The molecule has 0 spiro atoms. The summed E-state index contributed by atoms with van der Waals surface area (Å²) in [6.45, 7) is 7.92. The predicted octanol–water partition coefficient (Wildman–Crippen LogP) is 5.71. The lowest BCUT2D eigenvalue weighted by atomic mass is 10.0. The van der Waals surface area contributed by atoms with Gasteiger partial charge >= 0.3 is 0 Å². The molecule has 0 amide bonds.